The molecule has 0 saturated heterocycles. The van der Waals surface area contributed by atoms with Crippen LogP contribution in [0.1, 0.15) is 10.4 Å². The third-order valence-electron chi connectivity index (χ3n) is 4.75. The second-order valence-corrected chi connectivity index (χ2v) is 7.93. The molecule has 0 bridgehead atoms. The Bertz CT molecular complexity index is 1260. The molecule has 0 aliphatic carbocycles. The van der Waals surface area contributed by atoms with Gasteiger partial charge in [-0.1, -0.05) is 48.2 Å². The average molecular weight is 459 g/mol. The van der Waals surface area contributed by atoms with E-state index in [1.54, 1.807) is 49.7 Å². The van der Waals surface area contributed by atoms with Crippen molar-refractivity contribution < 1.29 is 14.3 Å². The van der Waals surface area contributed by atoms with E-state index in [9.17, 15) is 9.59 Å². The van der Waals surface area contributed by atoms with Gasteiger partial charge in [0.2, 0.25) is 5.91 Å². The van der Waals surface area contributed by atoms with Gasteiger partial charge in [0.1, 0.15) is 5.75 Å². The van der Waals surface area contributed by atoms with Crippen LogP contribution in [0.4, 0.5) is 11.4 Å². The summed E-state index contributed by atoms with van der Waals surface area (Å²) < 4.78 is 7.18. The first-order valence-corrected chi connectivity index (χ1v) is 11.2. The molecule has 0 saturated carbocycles. The Kier molecular flexibility index (Phi) is 7.06. The molecule has 8 heteroatoms. The first-order valence-electron chi connectivity index (χ1n) is 10.2. The number of benzene rings is 3. The molecule has 0 unspecified atom stereocenters. The van der Waals surface area contributed by atoms with E-state index in [0.29, 0.717) is 22.1 Å². The van der Waals surface area contributed by atoms with Crippen molar-refractivity contribution in [2.45, 2.75) is 5.16 Å². The minimum absolute atomic E-state index is 0.135. The zero-order valence-electron chi connectivity index (χ0n) is 17.9. The number of para-hydroxylation sites is 2. The van der Waals surface area contributed by atoms with Crippen LogP contribution < -0.4 is 15.4 Å². The molecule has 33 heavy (non-hydrogen) atoms. The number of aromatic nitrogens is 2. The van der Waals surface area contributed by atoms with Gasteiger partial charge < -0.3 is 15.4 Å². The number of nitrogens with zero attached hydrogens (tertiary/aromatic N) is 2. The fraction of sp³-hybridized carbons (Fsp3) is 0.0800. The molecule has 1 aromatic heterocycles. The summed E-state index contributed by atoms with van der Waals surface area (Å²) in [5, 5.41) is 6.36. The number of hydrogen-bond acceptors (Lipinski definition) is 5. The predicted octanol–water partition coefficient (Wildman–Crippen LogP) is 4.86. The molecule has 4 rings (SSSR count). The molecule has 3 aromatic carbocycles. The van der Waals surface area contributed by atoms with Gasteiger partial charge in [-0.25, -0.2) is 4.98 Å². The number of thioether (sulfide) groups is 1. The molecular formula is C25H22N4O3S. The number of methoxy groups -OCH3 is 1. The number of anilines is 2. The maximum atomic E-state index is 12.7. The zero-order valence-corrected chi connectivity index (χ0v) is 18.7. The van der Waals surface area contributed by atoms with Crippen molar-refractivity contribution in [2.24, 2.45) is 0 Å². The van der Waals surface area contributed by atoms with E-state index in [2.05, 4.69) is 15.6 Å². The van der Waals surface area contributed by atoms with E-state index in [-0.39, 0.29) is 17.6 Å². The van der Waals surface area contributed by atoms with Crippen molar-refractivity contribution in [1.82, 2.24) is 9.55 Å². The molecular weight excluding hydrogens is 436 g/mol. The highest BCUT2D eigenvalue weighted by Crippen LogP contribution is 2.24. The average Bonchev–Trinajstić information content (AvgIpc) is 3.32. The number of hydrogen-bond donors (Lipinski definition) is 2. The second-order valence-electron chi connectivity index (χ2n) is 6.98. The van der Waals surface area contributed by atoms with E-state index in [1.165, 1.54) is 11.8 Å². The molecule has 0 atom stereocenters. The van der Waals surface area contributed by atoms with E-state index < -0.39 is 0 Å². The van der Waals surface area contributed by atoms with Crippen LogP contribution in [-0.2, 0) is 4.79 Å². The fourth-order valence-electron chi connectivity index (χ4n) is 3.18. The van der Waals surface area contributed by atoms with E-state index in [0.717, 1.165) is 11.4 Å². The fourth-order valence-corrected chi connectivity index (χ4v) is 3.95. The second kappa shape index (κ2) is 10.5. The van der Waals surface area contributed by atoms with Crippen LogP contribution in [-0.4, -0.2) is 34.2 Å². The minimum atomic E-state index is -0.293. The number of carbonyl (C=O) groups is 2. The van der Waals surface area contributed by atoms with Gasteiger partial charge in [0.05, 0.1) is 29.8 Å². The SMILES string of the molecule is COc1cccc(-n2ccnc2SCC(=O)Nc2ccccc2C(=O)Nc2ccccc2)c1. The highest BCUT2D eigenvalue weighted by Gasteiger charge is 2.15. The highest BCUT2D eigenvalue weighted by atomic mass is 32.2. The summed E-state index contributed by atoms with van der Waals surface area (Å²) in [5.41, 5.74) is 2.41. The third-order valence-corrected chi connectivity index (χ3v) is 5.71. The molecule has 0 radical (unpaired) electrons. The molecule has 0 aliphatic rings. The van der Waals surface area contributed by atoms with Gasteiger partial charge in [0, 0.05) is 24.1 Å². The van der Waals surface area contributed by atoms with Crippen LogP contribution in [0.5, 0.6) is 5.75 Å². The van der Waals surface area contributed by atoms with E-state index in [4.69, 9.17) is 4.74 Å². The van der Waals surface area contributed by atoms with Gasteiger partial charge in [-0.15, -0.1) is 0 Å². The molecule has 7 nitrogen and oxygen atoms in total. The summed E-state index contributed by atoms with van der Waals surface area (Å²) in [5.74, 6) is 0.342. The van der Waals surface area contributed by atoms with Crippen molar-refractivity contribution >= 4 is 35.0 Å². The molecule has 1 heterocycles. The maximum Gasteiger partial charge on any atom is 0.257 e. The topological polar surface area (TPSA) is 85.2 Å². The van der Waals surface area contributed by atoms with Crippen molar-refractivity contribution in [2.75, 3.05) is 23.5 Å². The van der Waals surface area contributed by atoms with Crippen LogP contribution in [0, 0.1) is 0 Å². The molecule has 0 aliphatic heterocycles. The molecule has 2 amide bonds. The first kappa shape index (κ1) is 22.2. The van der Waals surface area contributed by atoms with E-state index >= 15 is 0 Å². The summed E-state index contributed by atoms with van der Waals surface area (Å²) in [6, 6.07) is 23.7. The summed E-state index contributed by atoms with van der Waals surface area (Å²) in [6.45, 7) is 0. The van der Waals surface area contributed by atoms with Crippen LogP contribution in [0.3, 0.4) is 0 Å². The smallest absolute Gasteiger partial charge is 0.257 e. The van der Waals surface area contributed by atoms with Crippen molar-refractivity contribution in [3.8, 4) is 11.4 Å². The van der Waals surface area contributed by atoms with E-state index in [1.807, 2.05) is 53.2 Å². The van der Waals surface area contributed by atoms with Gasteiger partial charge in [0.25, 0.3) is 5.91 Å². The first-order chi connectivity index (χ1) is 16.1. The van der Waals surface area contributed by atoms with Crippen molar-refractivity contribution in [1.29, 1.82) is 0 Å². The quantitative estimate of drug-likeness (QED) is 0.368. The molecule has 166 valence electrons. The molecule has 0 spiro atoms. The van der Waals surface area contributed by atoms with Crippen molar-refractivity contribution in [3.63, 3.8) is 0 Å². The third kappa shape index (κ3) is 5.61. The molecule has 4 aromatic rings. The van der Waals surface area contributed by atoms with Crippen LogP contribution in [0.15, 0.2) is 96.4 Å². The lowest BCUT2D eigenvalue weighted by molar-refractivity contribution is -0.113. The Morgan fingerprint density at radius 1 is 0.970 bits per heavy atom. The van der Waals surface area contributed by atoms with Crippen LogP contribution in [0.25, 0.3) is 5.69 Å². The van der Waals surface area contributed by atoms with Gasteiger partial charge in [-0.3, -0.25) is 14.2 Å². The predicted molar refractivity (Wildman–Crippen MR) is 130 cm³/mol. The summed E-state index contributed by atoms with van der Waals surface area (Å²) >= 11 is 1.30. The largest absolute Gasteiger partial charge is 0.497 e. The Hall–Kier alpha value is -4.04. The van der Waals surface area contributed by atoms with Crippen LogP contribution >= 0.6 is 11.8 Å². The number of nitrogens with one attached hydrogen (secondary N) is 2. The summed E-state index contributed by atoms with van der Waals surface area (Å²) in [7, 11) is 1.62. The standard InChI is InChI=1S/C25H22N4O3S/c1-32-20-11-7-10-19(16-20)29-15-14-26-25(29)33-17-23(30)28-22-13-6-5-12-21(22)24(31)27-18-8-3-2-4-9-18/h2-16H,17H2,1H3,(H,27,31)(H,28,30). The Balaban J connectivity index is 1.42. The Morgan fingerprint density at radius 2 is 1.76 bits per heavy atom. The van der Waals surface area contributed by atoms with Gasteiger partial charge >= 0.3 is 0 Å². The van der Waals surface area contributed by atoms with Crippen LogP contribution in [0.2, 0.25) is 0 Å². The lowest BCUT2D eigenvalue weighted by atomic mass is 10.1. The summed E-state index contributed by atoms with van der Waals surface area (Å²) in [4.78, 5) is 29.8. The lowest BCUT2D eigenvalue weighted by Gasteiger charge is -2.12. The maximum absolute atomic E-state index is 12.7. The molecule has 0 fully saturated rings. The van der Waals surface area contributed by atoms with Gasteiger partial charge in [-0.05, 0) is 36.4 Å². The minimum Gasteiger partial charge on any atom is -0.497 e. The monoisotopic (exact) mass is 458 g/mol. The zero-order chi connectivity index (χ0) is 23.0. The lowest BCUT2D eigenvalue weighted by Crippen LogP contribution is -2.19. The Labute approximate surface area is 195 Å². The number of ether oxygens (including phenoxy) is 1. The van der Waals surface area contributed by atoms with Gasteiger partial charge in [0.15, 0.2) is 5.16 Å². The Morgan fingerprint density at radius 3 is 2.58 bits per heavy atom. The van der Waals surface area contributed by atoms with Gasteiger partial charge in [-0.2, -0.15) is 0 Å². The summed E-state index contributed by atoms with van der Waals surface area (Å²) in [6.07, 6.45) is 3.52. The molecule has 2 N–H and O–H groups in total. The number of carbonyl (C=O) groups excluding carboxylic acids is 2. The number of rotatable bonds is 8. The van der Waals surface area contributed by atoms with Crippen molar-refractivity contribution in [3.05, 3.63) is 96.8 Å². The normalized spacial score (nSPS) is 10.5. The highest BCUT2D eigenvalue weighted by molar-refractivity contribution is 7.99. The number of amides is 2. The number of imidazole rings is 1.